The van der Waals surface area contributed by atoms with Gasteiger partial charge in [0.2, 0.25) is 5.91 Å². The quantitative estimate of drug-likeness (QED) is 0.847. The molecule has 1 amide bonds. The summed E-state index contributed by atoms with van der Waals surface area (Å²) in [4.78, 5) is 29.9. The highest BCUT2D eigenvalue weighted by molar-refractivity contribution is 5.78. The summed E-state index contributed by atoms with van der Waals surface area (Å²) in [6.07, 6.45) is 1.69. The van der Waals surface area contributed by atoms with Crippen LogP contribution in [0.4, 0.5) is 0 Å². The highest BCUT2D eigenvalue weighted by Crippen LogP contribution is 1.98. The Morgan fingerprint density at radius 1 is 1.33 bits per heavy atom. The number of hydrogen-bond donors (Lipinski definition) is 1. The summed E-state index contributed by atoms with van der Waals surface area (Å²) in [5, 5.41) is 3.04. The largest absolute Gasteiger partial charge is 0.342 e. The van der Waals surface area contributed by atoms with Gasteiger partial charge in [0.15, 0.2) is 0 Å². The van der Waals surface area contributed by atoms with Gasteiger partial charge in [-0.05, 0) is 26.0 Å². The van der Waals surface area contributed by atoms with E-state index in [1.54, 1.807) is 23.2 Å². The summed E-state index contributed by atoms with van der Waals surface area (Å²) in [7, 11) is 0. The van der Waals surface area contributed by atoms with Crippen molar-refractivity contribution in [2.45, 2.75) is 20.4 Å². The number of rotatable bonds is 6. The maximum absolute atomic E-state index is 11.9. The van der Waals surface area contributed by atoms with E-state index in [1.165, 1.54) is 10.5 Å². The molecular formula is C15H20N4O2. The van der Waals surface area contributed by atoms with Crippen molar-refractivity contribution in [2.24, 2.45) is 0 Å². The van der Waals surface area contributed by atoms with Crippen LogP contribution in [0.25, 0.3) is 5.65 Å². The van der Waals surface area contributed by atoms with E-state index in [-0.39, 0.29) is 18.0 Å². The van der Waals surface area contributed by atoms with Gasteiger partial charge in [-0.15, -0.1) is 0 Å². The van der Waals surface area contributed by atoms with Gasteiger partial charge in [0.05, 0.1) is 12.2 Å². The molecule has 6 nitrogen and oxygen atoms in total. The predicted molar refractivity (Wildman–Crippen MR) is 81.1 cm³/mol. The van der Waals surface area contributed by atoms with Gasteiger partial charge in [-0.1, -0.05) is 6.07 Å². The zero-order valence-corrected chi connectivity index (χ0v) is 12.4. The maximum Gasteiger partial charge on any atom is 0.258 e. The molecule has 2 heterocycles. The molecule has 0 saturated heterocycles. The second-order valence-electron chi connectivity index (χ2n) is 4.68. The molecule has 0 aliphatic carbocycles. The first-order chi connectivity index (χ1) is 10.2. The van der Waals surface area contributed by atoms with Crippen LogP contribution >= 0.6 is 0 Å². The van der Waals surface area contributed by atoms with Crippen LogP contribution in [0.1, 0.15) is 19.5 Å². The molecule has 0 spiro atoms. The Morgan fingerprint density at radius 2 is 2.10 bits per heavy atom. The minimum atomic E-state index is -0.118. The third-order valence-electron chi connectivity index (χ3n) is 3.32. The smallest absolute Gasteiger partial charge is 0.258 e. The number of nitrogens with zero attached hydrogens (tertiary/aromatic N) is 3. The fourth-order valence-electron chi connectivity index (χ4n) is 2.18. The van der Waals surface area contributed by atoms with Crippen LogP contribution in [-0.4, -0.2) is 39.8 Å². The van der Waals surface area contributed by atoms with Gasteiger partial charge in [0.25, 0.3) is 5.56 Å². The van der Waals surface area contributed by atoms with Gasteiger partial charge >= 0.3 is 0 Å². The lowest BCUT2D eigenvalue weighted by Crippen LogP contribution is -2.37. The number of pyridine rings is 1. The molecule has 1 N–H and O–H groups in total. The minimum absolute atomic E-state index is 0.0533. The topological polar surface area (TPSA) is 66.7 Å². The van der Waals surface area contributed by atoms with E-state index in [9.17, 15) is 9.59 Å². The van der Waals surface area contributed by atoms with Crippen LogP contribution in [0.15, 0.2) is 35.3 Å². The Labute approximate surface area is 123 Å². The van der Waals surface area contributed by atoms with E-state index < -0.39 is 0 Å². The van der Waals surface area contributed by atoms with E-state index in [0.717, 1.165) is 0 Å². The van der Waals surface area contributed by atoms with Crippen LogP contribution in [0.5, 0.6) is 0 Å². The number of carbonyl (C=O) groups is 1. The van der Waals surface area contributed by atoms with Crippen molar-refractivity contribution in [3.63, 3.8) is 0 Å². The third-order valence-corrected chi connectivity index (χ3v) is 3.32. The molecule has 0 atom stereocenters. The molecule has 0 unspecified atom stereocenters. The Morgan fingerprint density at radius 3 is 2.81 bits per heavy atom. The first kappa shape index (κ1) is 15.2. The van der Waals surface area contributed by atoms with Crippen LogP contribution < -0.4 is 10.9 Å². The Bertz CT molecular complexity index is 677. The van der Waals surface area contributed by atoms with Crippen molar-refractivity contribution in [2.75, 3.05) is 19.6 Å². The van der Waals surface area contributed by atoms with Gasteiger partial charge in [-0.2, -0.15) is 0 Å². The van der Waals surface area contributed by atoms with Crippen molar-refractivity contribution < 1.29 is 4.79 Å². The molecular weight excluding hydrogens is 268 g/mol. The maximum atomic E-state index is 11.9. The van der Waals surface area contributed by atoms with Crippen LogP contribution in [-0.2, 0) is 11.3 Å². The van der Waals surface area contributed by atoms with Crippen molar-refractivity contribution in [1.82, 2.24) is 19.6 Å². The van der Waals surface area contributed by atoms with Crippen LogP contribution in [0.2, 0.25) is 0 Å². The molecule has 6 heteroatoms. The zero-order valence-electron chi connectivity index (χ0n) is 12.4. The van der Waals surface area contributed by atoms with E-state index in [2.05, 4.69) is 10.3 Å². The summed E-state index contributed by atoms with van der Waals surface area (Å²) in [5.41, 5.74) is 1.13. The molecule has 112 valence electrons. The van der Waals surface area contributed by atoms with E-state index in [0.29, 0.717) is 31.0 Å². The summed E-state index contributed by atoms with van der Waals surface area (Å²) < 4.78 is 1.49. The molecule has 0 saturated carbocycles. The minimum Gasteiger partial charge on any atom is -0.342 e. The fourth-order valence-corrected chi connectivity index (χ4v) is 2.18. The lowest BCUT2D eigenvalue weighted by molar-refractivity contribution is -0.129. The first-order valence-corrected chi connectivity index (χ1v) is 7.11. The van der Waals surface area contributed by atoms with Gasteiger partial charge < -0.3 is 10.2 Å². The molecule has 0 fully saturated rings. The molecule has 0 radical (unpaired) electrons. The second kappa shape index (κ2) is 6.99. The average Bonchev–Trinajstić information content (AvgIpc) is 2.48. The van der Waals surface area contributed by atoms with Gasteiger partial charge in [0.1, 0.15) is 5.65 Å². The van der Waals surface area contributed by atoms with Crippen molar-refractivity contribution in [1.29, 1.82) is 0 Å². The van der Waals surface area contributed by atoms with Gasteiger partial charge in [-0.3, -0.25) is 14.0 Å². The molecule has 2 rings (SSSR count). The zero-order chi connectivity index (χ0) is 15.2. The normalized spacial score (nSPS) is 10.8. The molecule has 2 aromatic rings. The number of likely N-dealkylation sites (N-methyl/N-ethyl adjacent to an activating group) is 1. The number of aromatic nitrogens is 2. The highest BCUT2D eigenvalue weighted by Gasteiger charge is 2.09. The number of nitrogens with one attached hydrogen (secondary N) is 1. The SMILES string of the molecule is CCN(CC)C(=O)CNCc1cc(=O)n2ccccc2n1. The highest BCUT2D eigenvalue weighted by atomic mass is 16.2. The second-order valence-corrected chi connectivity index (χ2v) is 4.68. The Hall–Kier alpha value is -2.21. The number of carbonyl (C=O) groups excluding carboxylic acids is 1. The van der Waals surface area contributed by atoms with Crippen molar-refractivity contribution >= 4 is 11.6 Å². The third kappa shape index (κ3) is 3.66. The Kier molecular flexibility index (Phi) is 5.05. The lowest BCUT2D eigenvalue weighted by atomic mass is 10.3. The first-order valence-electron chi connectivity index (χ1n) is 7.11. The monoisotopic (exact) mass is 288 g/mol. The van der Waals surface area contributed by atoms with Crippen LogP contribution in [0.3, 0.4) is 0 Å². The van der Waals surface area contributed by atoms with Crippen LogP contribution in [0, 0.1) is 0 Å². The average molecular weight is 288 g/mol. The number of amides is 1. The number of hydrogen-bond acceptors (Lipinski definition) is 4. The van der Waals surface area contributed by atoms with E-state index >= 15 is 0 Å². The summed E-state index contributed by atoms with van der Waals surface area (Å²) in [5.74, 6) is 0.0533. The van der Waals surface area contributed by atoms with Crippen molar-refractivity contribution in [3.8, 4) is 0 Å². The van der Waals surface area contributed by atoms with E-state index in [4.69, 9.17) is 0 Å². The molecule has 2 aromatic heterocycles. The summed E-state index contributed by atoms with van der Waals surface area (Å²) >= 11 is 0. The van der Waals surface area contributed by atoms with Crippen molar-refractivity contribution in [3.05, 3.63) is 46.5 Å². The van der Waals surface area contributed by atoms with E-state index in [1.807, 2.05) is 19.9 Å². The van der Waals surface area contributed by atoms with Gasteiger partial charge in [-0.25, -0.2) is 4.98 Å². The summed E-state index contributed by atoms with van der Waals surface area (Å²) in [6, 6.07) is 6.90. The Balaban J connectivity index is 2.01. The molecule has 21 heavy (non-hydrogen) atoms. The predicted octanol–water partition coefficient (Wildman–Crippen LogP) is 0.652. The molecule has 0 aliphatic rings. The van der Waals surface area contributed by atoms with Gasteiger partial charge in [0, 0.05) is 31.9 Å². The molecule has 0 aromatic carbocycles. The lowest BCUT2D eigenvalue weighted by Gasteiger charge is -2.18. The summed E-state index contributed by atoms with van der Waals surface area (Å²) in [6.45, 7) is 5.95. The molecule has 0 aliphatic heterocycles. The number of fused-ring (bicyclic) bond motifs is 1. The standard InChI is InChI=1S/C15H20N4O2/c1-3-18(4-2)15(21)11-16-10-12-9-14(20)19-8-6-5-7-13(19)17-12/h5-9,16H,3-4,10-11H2,1-2H3. The fraction of sp³-hybridized carbons (Fsp3) is 0.400. The molecule has 0 bridgehead atoms.